The van der Waals surface area contributed by atoms with Gasteiger partial charge in [0.1, 0.15) is 0 Å². The number of nitrogens with zero attached hydrogens (tertiary/aromatic N) is 1. The summed E-state index contributed by atoms with van der Waals surface area (Å²) < 4.78 is 0. The summed E-state index contributed by atoms with van der Waals surface area (Å²) >= 11 is 6.31. The van der Waals surface area contributed by atoms with Crippen molar-refractivity contribution in [2.45, 2.75) is 40.2 Å². The van der Waals surface area contributed by atoms with Crippen LogP contribution in [-0.4, -0.2) is 19.6 Å². The van der Waals surface area contributed by atoms with Gasteiger partial charge < -0.3 is 10.6 Å². The maximum absolute atomic E-state index is 6.31. The Morgan fingerprint density at radius 1 is 1.33 bits per heavy atom. The van der Waals surface area contributed by atoms with Gasteiger partial charge in [0.2, 0.25) is 0 Å². The average molecular weight is 269 g/mol. The maximum Gasteiger partial charge on any atom is 0.0459 e. The minimum atomic E-state index is 0.117. The summed E-state index contributed by atoms with van der Waals surface area (Å²) in [6.45, 7) is 9.70. The highest BCUT2D eigenvalue weighted by molar-refractivity contribution is 6.31. The van der Waals surface area contributed by atoms with E-state index in [0.717, 1.165) is 23.6 Å². The number of benzene rings is 1. The second kappa shape index (κ2) is 5.94. The van der Waals surface area contributed by atoms with Crippen molar-refractivity contribution in [3.05, 3.63) is 28.8 Å². The van der Waals surface area contributed by atoms with Crippen LogP contribution in [0.5, 0.6) is 0 Å². The smallest absolute Gasteiger partial charge is 0.0459 e. The van der Waals surface area contributed by atoms with Crippen LogP contribution < -0.4 is 10.6 Å². The standard InChI is InChI=1S/C15H25ClN2/c1-11(17)9-12-13(16)7-6-8-14(12)18(5)10-15(2,3)4/h6-8,11H,9-10,17H2,1-5H3. The Morgan fingerprint density at radius 3 is 2.44 bits per heavy atom. The molecule has 0 aromatic heterocycles. The van der Waals surface area contributed by atoms with Gasteiger partial charge in [0.05, 0.1) is 0 Å². The fraction of sp³-hybridized carbons (Fsp3) is 0.600. The first-order chi connectivity index (χ1) is 8.20. The molecular formula is C15H25ClN2. The monoisotopic (exact) mass is 268 g/mol. The average Bonchev–Trinajstić information content (AvgIpc) is 2.17. The van der Waals surface area contributed by atoms with Crippen LogP contribution in [0.4, 0.5) is 5.69 Å². The van der Waals surface area contributed by atoms with Crippen LogP contribution in [0.15, 0.2) is 18.2 Å². The quantitative estimate of drug-likeness (QED) is 0.902. The maximum atomic E-state index is 6.31. The predicted molar refractivity (Wildman–Crippen MR) is 81.5 cm³/mol. The van der Waals surface area contributed by atoms with Gasteiger partial charge in [-0.25, -0.2) is 0 Å². The van der Waals surface area contributed by atoms with Crippen molar-refractivity contribution in [2.75, 3.05) is 18.5 Å². The molecule has 3 heteroatoms. The minimum absolute atomic E-state index is 0.117. The Hall–Kier alpha value is -0.730. The summed E-state index contributed by atoms with van der Waals surface area (Å²) in [5.41, 5.74) is 8.51. The van der Waals surface area contributed by atoms with Crippen LogP contribution in [0.3, 0.4) is 0 Å². The normalized spacial score (nSPS) is 13.5. The zero-order valence-corrected chi connectivity index (χ0v) is 12.9. The highest BCUT2D eigenvalue weighted by atomic mass is 35.5. The minimum Gasteiger partial charge on any atom is -0.374 e. The number of halogens is 1. The summed E-state index contributed by atoms with van der Waals surface area (Å²) in [5.74, 6) is 0. The molecule has 0 spiro atoms. The Kier molecular flexibility index (Phi) is 5.06. The zero-order valence-electron chi connectivity index (χ0n) is 12.1. The van der Waals surface area contributed by atoms with E-state index in [4.69, 9.17) is 17.3 Å². The Morgan fingerprint density at radius 2 is 1.94 bits per heavy atom. The molecule has 0 bridgehead atoms. The van der Waals surface area contributed by atoms with Gasteiger partial charge in [-0.05, 0) is 36.5 Å². The van der Waals surface area contributed by atoms with Crippen LogP contribution in [-0.2, 0) is 6.42 Å². The molecule has 102 valence electrons. The lowest BCUT2D eigenvalue weighted by Gasteiger charge is -2.30. The lowest BCUT2D eigenvalue weighted by atomic mass is 9.95. The van der Waals surface area contributed by atoms with Gasteiger partial charge in [-0.2, -0.15) is 0 Å². The topological polar surface area (TPSA) is 29.3 Å². The molecule has 0 saturated heterocycles. The molecule has 2 nitrogen and oxygen atoms in total. The van der Waals surface area contributed by atoms with Crippen molar-refractivity contribution in [3.63, 3.8) is 0 Å². The van der Waals surface area contributed by atoms with Gasteiger partial charge in [-0.15, -0.1) is 0 Å². The van der Waals surface area contributed by atoms with Crippen LogP contribution in [0.2, 0.25) is 5.02 Å². The van der Waals surface area contributed by atoms with E-state index in [1.54, 1.807) is 0 Å². The van der Waals surface area contributed by atoms with Crippen LogP contribution >= 0.6 is 11.6 Å². The van der Waals surface area contributed by atoms with Gasteiger partial charge >= 0.3 is 0 Å². The van der Waals surface area contributed by atoms with Crippen molar-refractivity contribution in [1.82, 2.24) is 0 Å². The summed E-state index contributed by atoms with van der Waals surface area (Å²) in [4.78, 5) is 2.27. The molecule has 1 atom stereocenters. The molecule has 0 saturated carbocycles. The Balaban J connectivity index is 3.03. The van der Waals surface area contributed by atoms with E-state index in [2.05, 4.69) is 38.8 Å². The fourth-order valence-corrected chi connectivity index (χ4v) is 2.47. The molecule has 18 heavy (non-hydrogen) atoms. The molecule has 1 unspecified atom stereocenters. The molecule has 1 rings (SSSR count). The first kappa shape index (κ1) is 15.3. The molecule has 1 aromatic carbocycles. The third-order valence-corrected chi connectivity index (χ3v) is 3.10. The third kappa shape index (κ3) is 4.51. The number of nitrogens with two attached hydrogens (primary N) is 1. The van der Waals surface area contributed by atoms with Crippen molar-refractivity contribution in [1.29, 1.82) is 0 Å². The molecule has 1 aromatic rings. The van der Waals surface area contributed by atoms with E-state index in [1.807, 2.05) is 19.1 Å². The number of hydrogen-bond donors (Lipinski definition) is 1. The summed E-state index contributed by atoms with van der Waals surface area (Å²) in [6.07, 6.45) is 0.809. The number of anilines is 1. The first-order valence-corrected chi connectivity index (χ1v) is 6.82. The van der Waals surface area contributed by atoms with Gasteiger partial charge in [0.15, 0.2) is 0 Å². The lowest BCUT2D eigenvalue weighted by molar-refractivity contribution is 0.418. The molecule has 0 aliphatic rings. The summed E-state index contributed by atoms with van der Waals surface area (Å²) in [5, 5.41) is 0.811. The lowest BCUT2D eigenvalue weighted by Crippen LogP contribution is -2.30. The number of rotatable bonds is 4. The third-order valence-electron chi connectivity index (χ3n) is 2.74. The Labute approximate surface area is 116 Å². The van der Waals surface area contributed by atoms with E-state index in [1.165, 1.54) is 5.69 Å². The fourth-order valence-electron chi connectivity index (χ4n) is 2.23. The molecule has 0 heterocycles. The molecule has 0 aliphatic heterocycles. The molecule has 0 amide bonds. The van der Waals surface area contributed by atoms with Crippen LogP contribution in [0.25, 0.3) is 0 Å². The van der Waals surface area contributed by atoms with E-state index < -0.39 is 0 Å². The summed E-state index contributed by atoms with van der Waals surface area (Å²) in [7, 11) is 2.11. The van der Waals surface area contributed by atoms with E-state index in [9.17, 15) is 0 Å². The molecule has 2 N–H and O–H groups in total. The molecule has 0 radical (unpaired) electrons. The van der Waals surface area contributed by atoms with Gasteiger partial charge in [-0.1, -0.05) is 38.4 Å². The SMILES string of the molecule is CC(N)Cc1c(Cl)cccc1N(C)CC(C)(C)C. The van der Waals surface area contributed by atoms with Crippen LogP contribution in [0, 0.1) is 5.41 Å². The van der Waals surface area contributed by atoms with Crippen LogP contribution in [0.1, 0.15) is 33.3 Å². The summed E-state index contributed by atoms with van der Waals surface area (Å²) in [6, 6.07) is 6.18. The van der Waals surface area contributed by atoms with Crippen molar-refractivity contribution in [2.24, 2.45) is 11.1 Å². The molecule has 0 fully saturated rings. The highest BCUT2D eigenvalue weighted by Gasteiger charge is 2.17. The Bertz CT molecular complexity index is 394. The number of hydrogen-bond acceptors (Lipinski definition) is 2. The van der Waals surface area contributed by atoms with Crippen molar-refractivity contribution in [3.8, 4) is 0 Å². The van der Waals surface area contributed by atoms with Crippen molar-refractivity contribution >= 4 is 17.3 Å². The predicted octanol–water partition coefficient (Wildman–Crippen LogP) is 3.71. The largest absolute Gasteiger partial charge is 0.374 e. The molecular weight excluding hydrogens is 244 g/mol. The second-order valence-corrected chi connectivity index (χ2v) is 6.74. The first-order valence-electron chi connectivity index (χ1n) is 6.45. The van der Waals surface area contributed by atoms with E-state index in [-0.39, 0.29) is 11.5 Å². The van der Waals surface area contributed by atoms with E-state index in [0.29, 0.717) is 0 Å². The van der Waals surface area contributed by atoms with Gasteiger partial charge in [-0.3, -0.25) is 0 Å². The molecule has 0 aliphatic carbocycles. The van der Waals surface area contributed by atoms with Crippen molar-refractivity contribution < 1.29 is 0 Å². The zero-order chi connectivity index (χ0) is 13.9. The second-order valence-electron chi connectivity index (χ2n) is 6.34. The highest BCUT2D eigenvalue weighted by Crippen LogP contribution is 2.29. The van der Waals surface area contributed by atoms with E-state index >= 15 is 0 Å². The van der Waals surface area contributed by atoms with Gasteiger partial charge in [0, 0.05) is 30.3 Å². The van der Waals surface area contributed by atoms with Gasteiger partial charge in [0.25, 0.3) is 0 Å².